The number of aryl methyl sites for hydroxylation is 1. The molecule has 2 aromatic rings. The van der Waals surface area contributed by atoms with E-state index in [1.165, 1.54) is 23.1 Å². The SMILES string of the molecule is C#CCNS(=O)(=O)c1cccc(C(=O)N(C)CCOc2ccc(C)cc2)c1. The molecule has 0 fully saturated rings. The van der Waals surface area contributed by atoms with Crippen LogP contribution in [0.3, 0.4) is 0 Å². The minimum Gasteiger partial charge on any atom is -0.492 e. The van der Waals surface area contributed by atoms with Gasteiger partial charge in [0, 0.05) is 12.6 Å². The monoisotopic (exact) mass is 386 g/mol. The Hall–Kier alpha value is -2.82. The van der Waals surface area contributed by atoms with Crippen LogP contribution in [0.1, 0.15) is 15.9 Å². The minimum absolute atomic E-state index is 0.00657. The third-order valence-electron chi connectivity index (χ3n) is 3.82. The molecule has 0 atom stereocenters. The van der Waals surface area contributed by atoms with Crippen molar-refractivity contribution in [3.8, 4) is 18.1 Å². The number of rotatable bonds is 8. The number of carbonyl (C=O) groups excluding carboxylic acids is 1. The van der Waals surface area contributed by atoms with Gasteiger partial charge in [0.05, 0.1) is 18.0 Å². The second-order valence-corrected chi connectivity index (χ2v) is 7.71. The Bertz CT molecular complexity index is 931. The van der Waals surface area contributed by atoms with Crippen molar-refractivity contribution in [3.05, 3.63) is 59.7 Å². The van der Waals surface area contributed by atoms with Crippen LogP contribution in [0, 0.1) is 19.3 Å². The van der Waals surface area contributed by atoms with Crippen LogP contribution in [0.4, 0.5) is 0 Å². The van der Waals surface area contributed by atoms with E-state index in [0.717, 1.165) is 11.3 Å². The van der Waals surface area contributed by atoms with Crippen LogP contribution in [0.5, 0.6) is 5.75 Å². The third-order valence-corrected chi connectivity index (χ3v) is 5.22. The second kappa shape index (κ2) is 9.21. The molecule has 2 aromatic carbocycles. The lowest BCUT2D eigenvalue weighted by Crippen LogP contribution is -2.31. The van der Waals surface area contributed by atoms with E-state index >= 15 is 0 Å². The van der Waals surface area contributed by atoms with Gasteiger partial charge in [-0.3, -0.25) is 4.79 Å². The lowest BCUT2D eigenvalue weighted by Gasteiger charge is -2.18. The van der Waals surface area contributed by atoms with Crippen LogP contribution in [-0.4, -0.2) is 46.0 Å². The average Bonchev–Trinajstić information content (AvgIpc) is 2.67. The van der Waals surface area contributed by atoms with Crippen LogP contribution < -0.4 is 9.46 Å². The molecule has 0 aliphatic heterocycles. The molecular formula is C20H22N2O4S. The largest absolute Gasteiger partial charge is 0.492 e. The van der Waals surface area contributed by atoms with Gasteiger partial charge < -0.3 is 9.64 Å². The molecule has 6 nitrogen and oxygen atoms in total. The molecule has 0 radical (unpaired) electrons. The average molecular weight is 386 g/mol. The maximum absolute atomic E-state index is 12.5. The molecule has 0 spiro atoms. The summed E-state index contributed by atoms with van der Waals surface area (Å²) >= 11 is 0. The minimum atomic E-state index is -3.75. The first-order valence-electron chi connectivity index (χ1n) is 8.31. The first-order chi connectivity index (χ1) is 12.8. The van der Waals surface area contributed by atoms with Gasteiger partial charge in [0.1, 0.15) is 12.4 Å². The van der Waals surface area contributed by atoms with Gasteiger partial charge in [-0.15, -0.1) is 6.42 Å². The van der Waals surface area contributed by atoms with Gasteiger partial charge in [-0.05, 0) is 37.3 Å². The maximum Gasteiger partial charge on any atom is 0.253 e. The van der Waals surface area contributed by atoms with Gasteiger partial charge in [-0.25, -0.2) is 8.42 Å². The number of likely N-dealkylation sites (N-methyl/N-ethyl adjacent to an activating group) is 1. The van der Waals surface area contributed by atoms with E-state index in [0.29, 0.717) is 13.2 Å². The number of ether oxygens (including phenoxy) is 1. The summed E-state index contributed by atoms with van der Waals surface area (Å²) in [5.41, 5.74) is 1.41. The summed E-state index contributed by atoms with van der Waals surface area (Å²) in [6.07, 6.45) is 5.08. The van der Waals surface area contributed by atoms with Gasteiger partial charge in [-0.2, -0.15) is 4.72 Å². The summed E-state index contributed by atoms with van der Waals surface area (Å²) in [6, 6.07) is 13.5. The Morgan fingerprint density at radius 3 is 2.59 bits per heavy atom. The number of amides is 1. The molecular weight excluding hydrogens is 364 g/mol. The Kier molecular flexibility index (Phi) is 6.99. The van der Waals surface area contributed by atoms with Crippen molar-refractivity contribution in [2.24, 2.45) is 0 Å². The highest BCUT2D eigenvalue weighted by Gasteiger charge is 2.17. The summed E-state index contributed by atoms with van der Waals surface area (Å²) in [7, 11) is -2.11. The van der Waals surface area contributed by atoms with E-state index in [2.05, 4.69) is 10.6 Å². The summed E-state index contributed by atoms with van der Waals surface area (Å²) in [4.78, 5) is 14.0. The molecule has 0 unspecified atom stereocenters. The van der Waals surface area contributed by atoms with Crippen molar-refractivity contribution in [2.45, 2.75) is 11.8 Å². The lowest BCUT2D eigenvalue weighted by atomic mass is 10.2. The number of carbonyl (C=O) groups is 1. The fourth-order valence-electron chi connectivity index (χ4n) is 2.27. The van der Waals surface area contributed by atoms with Crippen molar-refractivity contribution in [3.63, 3.8) is 0 Å². The van der Waals surface area contributed by atoms with Crippen molar-refractivity contribution < 1.29 is 17.9 Å². The summed E-state index contributed by atoms with van der Waals surface area (Å²) in [6.45, 7) is 2.56. The number of hydrogen-bond acceptors (Lipinski definition) is 4. The van der Waals surface area contributed by atoms with Crippen molar-refractivity contribution in [1.29, 1.82) is 0 Å². The first kappa shape index (κ1) is 20.5. The third kappa shape index (κ3) is 5.84. The zero-order chi connectivity index (χ0) is 19.9. The van der Waals surface area contributed by atoms with Crippen LogP contribution in [0.2, 0.25) is 0 Å². The predicted molar refractivity (Wildman–Crippen MR) is 104 cm³/mol. The Balaban J connectivity index is 1.99. The molecule has 7 heteroatoms. The van der Waals surface area contributed by atoms with E-state index in [4.69, 9.17) is 11.2 Å². The molecule has 0 aliphatic carbocycles. The smallest absolute Gasteiger partial charge is 0.253 e. The topological polar surface area (TPSA) is 75.7 Å². The van der Waals surface area contributed by atoms with Crippen LogP contribution in [-0.2, 0) is 10.0 Å². The normalized spacial score (nSPS) is 10.9. The highest BCUT2D eigenvalue weighted by molar-refractivity contribution is 7.89. The van der Waals surface area contributed by atoms with Crippen LogP contribution in [0.15, 0.2) is 53.4 Å². The zero-order valence-electron chi connectivity index (χ0n) is 15.3. The standard InChI is InChI=1S/C20H22N2O4S/c1-4-12-21-27(24,25)19-7-5-6-17(15-19)20(23)22(3)13-14-26-18-10-8-16(2)9-11-18/h1,5-11,15,21H,12-14H2,2-3H3. The molecule has 1 amide bonds. The highest BCUT2D eigenvalue weighted by Crippen LogP contribution is 2.14. The number of terminal acetylenes is 1. The summed E-state index contributed by atoms with van der Waals surface area (Å²) in [5.74, 6) is 2.65. The van der Waals surface area contributed by atoms with Crippen molar-refractivity contribution in [1.82, 2.24) is 9.62 Å². The molecule has 0 saturated heterocycles. The second-order valence-electron chi connectivity index (χ2n) is 5.94. The van der Waals surface area contributed by atoms with E-state index in [9.17, 15) is 13.2 Å². The first-order valence-corrected chi connectivity index (χ1v) is 9.80. The number of sulfonamides is 1. The summed E-state index contributed by atoms with van der Waals surface area (Å²) < 4.78 is 32.2. The van der Waals surface area contributed by atoms with Gasteiger partial charge in [0.25, 0.3) is 5.91 Å². The molecule has 2 rings (SSSR count). The van der Waals surface area contributed by atoms with Crippen molar-refractivity contribution >= 4 is 15.9 Å². The number of hydrogen-bond donors (Lipinski definition) is 1. The van der Waals surface area contributed by atoms with E-state index in [-0.39, 0.29) is 22.9 Å². The molecule has 0 heterocycles. The predicted octanol–water partition coefficient (Wildman–Crippen LogP) is 2.06. The Labute approximate surface area is 160 Å². The lowest BCUT2D eigenvalue weighted by molar-refractivity contribution is 0.0773. The van der Waals surface area contributed by atoms with E-state index in [1.807, 2.05) is 31.2 Å². The molecule has 1 N–H and O–H groups in total. The van der Waals surface area contributed by atoms with Crippen LogP contribution >= 0.6 is 0 Å². The highest BCUT2D eigenvalue weighted by atomic mass is 32.2. The van der Waals surface area contributed by atoms with Gasteiger partial charge in [-0.1, -0.05) is 29.7 Å². The molecule has 0 saturated carbocycles. The fraction of sp³-hybridized carbons (Fsp3) is 0.250. The number of benzene rings is 2. The molecule has 0 bridgehead atoms. The van der Waals surface area contributed by atoms with Gasteiger partial charge in [0.15, 0.2) is 0 Å². The number of nitrogens with zero attached hydrogens (tertiary/aromatic N) is 1. The zero-order valence-corrected chi connectivity index (χ0v) is 16.1. The van der Waals surface area contributed by atoms with E-state index < -0.39 is 10.0 Å². The molecule has 0 aromatic heterocycles. The van der Waals surface area contributed by atoms with Crippen molar-refractivity contribution in [2.75, 3.05) is 26.7 Å². The number of nitrogens with one attached hydrogen (secondary N) is 1. The maximum atomic E-state index is 12.5. The molecule has 0 aliphatic rings. The van der Waals surface area contributed by atoms with Gasteiger partial charge >= 0.3 is 0 Å². The molecule has 27 heavy (non-hydrogen) atoms. The quantitative estimate of drug-likeness (QED) is 0.705. The molecule has 142 valence electrons. The summed E-state index contributed by atoms with van der Waals surface area (Å²) in [5, 5.41) is 0. The van der Waals surface area contributed by atoms with Gasteiger partial charge in [0.2, 0.25) is 10.0 Å². The van der Waals surface area contributed by atoms with E-state index in [1.54, 1.807) is 13.1 Å². The Morgan fingerprint density at radius 1 is 1.22 bits per heavy atom. The fourth-order valence-corrected chi connectivity index (χ4v) is 3.25. The Morgan fingerprint density at radius 2 is 1.93 bits per heavy atom. The van der Waals surface area contributed by atoms with Crippen LogP contribution in [0.25, 0.3) is 0 Å².